The number of aromatic nitrogens is 2. The van der Waals surface area contributed by atoms with Gasteiger partial charge in [0.1, 0.15) is 18.2 Å². The summed E-state index contributed by atoms with van der Waals surface area (Å²) in [6.45, 7) is 1.77. The molecule has 1 unspecified atom stereocenters. The Balaban J connectivity index is 1.51. The molecule has 0 radical (unpaired) electrons. The summed E-state index contributed by atoms with van der Waals surface area (Å²) in [5.41, 5.74) is 1.52. The predicted octanol–water partition coefficient (Wildman–Crippen LogP) is 2.15. The molecule has 2 aromatic heterocycles. The van der Waals surface area contributed by atoms with E-state index in [1.807, 2.05) is 6.07 Å². The highest BCUT2D eigenvalue weighted by molar-refractivity contribution is 6.36. The quantitative estimate of drug-likeness (QED) is 0.197. The lowest BCUT2D eigenvalue weighted by atomic mass is 10.1. The Hall–Kier alpha value is -3.19. The number of amides is 1. The van der Waals surface area contributed by atoms with E-state index in [-0.39, 0.29) is 23.7 Å². The molecule has 35 heavy (non-hydrogen) atoms. The molecular weight excluding hydrogens is 497 g/mol. The number of aromatic amines is 1. The molecule has 1 atom stereocenters. The Morgan fingerprint density at radius 3 is 2.71 bits per heavy atom. The van der Waals surface area contributed by atoms with Crippen LogP contribution in [0.2, 0.25) is 10.0 Å². The van der Waals surface area contributed by atoms with Gasteiger partial charge in [0.05, 0.1) is 23.0 Å². The molecular formula is C22H23Cl2N7O4. The third kappa shape index (κ3) is 5.90. The lowest BCUT2D eigenvalue weighted by molar-refractivity contribution is -0.992. The second-order valence-electron chi connectivity index (χ2n) is 7.61. The minimum atomic E-state index is -1.16. The van der Waals surface area contributed by atoms with E-state index in [2.05, 4.69) is 15.6 Å². The lowest BCUT2D eigenvalue weighted by Gasteiger charge is -2.28. The fraction of sp³-hybridized carbons (Fsp3) is 0.227. The second-order valence-corrected chi connectivity index (χ2v) is 8.45. The number of carbonyl (C=O) groups excluding carboxylic acids is 1. The van der Waals surface area contributed by atoms with Crippen molar-refractivity contribution in [3.05, 3.63) is 63.2 Å². The van der Waals surface area contributed by atoms with Crippen molar-refractivity contribution in [2.24, 2.45) is 0 Å². The summed E-state index contributed by atoms with van der Waals surface area (Å²) in [6.07, 6.45) is 0. The molecule has 1 aromatic carbocycles. The lowest BCUT2D eigenvalue weighted by Crippen LogP contribution is -3.00. The molecule has 6 N–H and O–H groups in total. The predicted molar refractivity (Wildman–Crippen MR) is 132 cm³/mol. The Labute approximate surface area is 210 Å². The molecule has 0 aliphatic carbocycles. The van der Waals surface area contributed by atoms with Crippen LogP contribution in [-0.2, 0) is 9.53 Å². The maximum Gasteiger partial charge on any atom is 0.253 e. The van der Waals surface area contributed by atoms with Gasteiger partial charge in [-0.05, 0) is 36.4 Å². The van der Waals surface area contributed by atoms with Crippen LogP contribution in [0.25, 0.3) is 11.3 Å². The number of pyridine rings is 2. The van der Waals surface area contributed by atoms with Crippen LogP contribution >= 0.6 is 23.2 Å². The number of carbonyl (C=O) groups is 1. The van der Waals surface area contributed by atoms with Crippen molar-refractivity contribution in [2.45, 2.75) is 0 Å². The van der Waals surface area contributed by atoms with Gasteiger partial charge in [-0.3, -0.25) is 10.2 Å². The molecule has 1 aliphatic rings. The fourth-order valence-electron chi connectivity index (χ4n) is 3.58. The van der Waals surface area contributed by atoms with Crippen LogP contribution in [0.4, 0.5) is 23.0 Å². The Morgan fingerprint density at radius 1 is 1.20 bits per heavy atom. The van der Waals surface area contributed by atoms with Gasteiger partial charge in [0.25, 0.3) is 5.91 Å². The SMILES string of the molecule is N=c1[nH]c(NCCNc2ccc(N3CCOCC3=O)c(-c3ccc(Cl)cc3Cl)n2)ccc1[NH+]([O-])O. The van der Waals surface area contributed by atoms with E-state index in [1.54, 1.807) is 35.2 Å². The van der Waals surface area contributed by atoms with Crippen molar-refractivity contribution in [1.82, 2.24) is 9.97 Å². The van der Waals surface area contributed by atoms with E-state index in [1.165, 1.54) is 6.07 Å². The zero-order valence-electron chi connectivity index (χ0n) is 18.4. The summed E-state index contributed by atoms with van der Waals surface area (Å²) in [5.74, 6) is 0.932. The molecule has 13 heteroatoms. The number of nitrogens with one attached hydrogen (secondary N) is 5. The number of H-pyrrole nitrogens is 1. The maximum absolute atomic E-state index is 12.5. The van der Waals surface area contributed by atoms with Gasteiger partial charge in [-0.2, -0.15) is 5.23 Å². The first kappa shape index (κ1) is 24.9. The van der Waals surface area contributed by atoms with Gasteiger partial charge in [0.15, 0.2) is 5.49 Å². The molecule has 1 aliphatic heterocycles. The molecule has 1 saturated heterocycles. The van der Waals surface area contributed by atoms with E-state index < -0.39 is 5.23 Å². The van der Waals surface area contributed by atoms with Crippen molar-refractivity contribution in [2.75, 3.05) is 48.4 Å². The highest BCUT2D eigenvalue weighted by Crippen LogP contribution is 2.36. The number of hydrogen-bond acceptors (Lipinski definition) is 8. The maximum atomic E-state index is 12.5. The highest BCUT2D eigenvalue weighted by atomic mass is 35.5. The number of morpholine rings is 1. The van der Waals surface area contributed by atoms with Crippen LogP contribution in [0.3, 0.4) is 0 Å². The summed E-state index contributed by atoms with van der Waals surface area (Å²) in [6, 6.07) is 11.6. The Morgan fingerprint density at radius 2 is 2.00 bits per heavy atom. The molecule has 4 rings (SSSR count). The molecule has 0 spiro atoms. The minimum Gasteiger partial charge on any atom is -0.595 e. The zero-order valence-corrected chi connectivity index (χ0v) is 19.9. The molecule has 1 amide bonds. The van der Waals surface area contributed by atoms with Gasteiger partial charge >= 0.3 is 0 Å². The van der Waals surface area contributed by atoms with Crippen LogP contribution in [0.15, 0.2) is 42.5 Å². The van der Waals surface area contributed by atoms with Crippen LogP contribution in [0.5, 0.6) is 0 Å². The van der Waals surface area contributed by atoms with Gasteiger partial charge in [0, 0.05) is 36.3 Å². The van der Waals surface area contributed by atoms with Gasteiger partial charge < -0.3 is 30.5 Å². The smallest absolute Gasteiger partial charge is 0.253 e. The molecule has 0 bridgehead atoms. The molecule has 0 saturated carbocycles. The van der Waals surface area contributed by atoms with Crippen molar-refractivity contribution in [3.63, 3.8) is 0 Å². The van der Waals surface area contributed by atoms with Gasteiger partial charge in [-0.25, -0.2) is 10.2 Å². The average Bonchev–Trinajstić information content (AvgIpc) is 2.82. The van der Waals surface area contributed by atoms with Crippen LogP contribution in [-0.4, -0.2) is 53.9 Å². The van der Waals surface area contributed by atoms with Gasteiger partial charge in [-0.1, -0.05) is 23.2 Å². The van der Waals surface area contributed by atoms with Crippen LogP contribution in [0.1, 0.15) is 0 Å². The first-order chi connectivity index (χ1) is 16.8. The number of anilines is 3. The van der Waals surface area contributed by atoms with Crippen molar-refractivity contribution in [3.8, 4) is 11.3 Å². The minimum absolute atomic E-state index is 0.00393. The normalized spacial score (nSPS) is 14.6. The van der Waals surface area contributed by atoms with Crippen molar-refractivity contribution >= 4 is 52.1 Å². The Kier molecular flexibility index (Phi) is 7.86. The fourth-order valence-corrected chi connectivity index (χ4v) is 4.08. The second kappa shape index (κ2) is 11.0. The monoisotopic (exact) mass is 519 g/mol. The molecule has 11 nitrogen and oxygen atoms in total. The summed E-state index contributed by atoms with van der Waals surface area (Å²) in [4.78, 5) is 21.5. The number of quaternary nitrogens is 1. The number of ether oxygens (including phenoxy) is 1. The third-order valence-electron chi connectivity index (χ3n) is 5.26. The Bertz CT molecular complexity index is 1280. The van der Waals surface area contributed by atoms with Gasteiger partial charge in [-0.15, -0.1) is 0 Å². The number of nitrogens with zero attached hydrogens (tertiary/aromatic N) is 2. The number of hydrogen-bond donors (Lipinski definition) is 6. The average molecular weight is 520 g/mol. The summed E-state index contributed by atoms with van der Waals surface area (Å²) >= 11 is 12.5. The third-order valence-corrected chi connectivity index (χ3v) is 5.81. The number of halogens is 2. The summed E-state index contributed by atoms with van der Waals surface area (Å²) < 4.78 is 5.25. The van der Waals surface area contributed by atoms with Crippen molar-refractivity contribution in [1.29, 1.82) is 5.41 Å². The summed E-state index contributed by atoms with van der Waals surface area (Å²) in [5, 5.41) is 33.9. The number of benzene rings is 1. The molecule has 3 aromatic rings. The van der Waals surface area contributed by atoms with Crippen LogP contribution < -0.4 is 26.2 Å². The van der Waals surface area contributed by atoms with E-state index >= 15 is 0 Å². The standard InChI is InChI=1S/C22H23Cl2N7O4/c23-13-1-2-14(15(24)11-13)21-16(30-9-10-35-12-20(30)32)3-5-18(28-21)26-7-8-27-19-6-4-17(31(33)34)22(25)29-19/h1-6,11,31,33H,7-10,12H2,(H,26,28)(H3,25,27,29). The molecule has 1 fully saturated rings. The zero-order chi connectivity index (χ0) is 24.9. The van der Waals surface area contributed by atoms with Gasteiger partial charge in [0.2, 0.25) is 5.69 Å². The topological polar surface area (TPSA) is 154 Å². The number of rotatable bonds is 8. The van der Waals surface area contributed by atoms with E-state index in [9.17, 15) is 10.0 Å². The van der Waals surface area contributed by atoms with E-state index in [4.69, 9.17) is 43.5 Å². The summed E-state index contributed by atoms with van der Waals surface area (Å²) in [7, 11) is 0. The first-order valence-electron chi connectivity index (χ1n) is 10.7. The van der Waals surface area contributed by atoms with Crippen LogP contribution in [0, 0.1) is 10.6 Å². The van der Waals surface area contributed by atoms with E-state index in [0.717, 1.165) is 0 Å². The first-order valence-corrected chi connectivity index (χ1v) is 11.4. The highest BCUT2D eigenvalue weighted by Gasteiger charge is 2.25. The largest absolute Gasteiger partial charge is 0.595 e. The molecule has 3 heterocycles. The van der Waals surface area contributed by atoms with Crippen molar-refractivity contribution < 1.29 is 20.0 Å². The van der Waals surface area contributed by atoms with E-state index in [0.29, 0.717) is 64.9 Å². The molecule has 184 valence electrons.